The van der Waals surface area contributed by atoms with Gasteiger partial charge in [0.2, 0.25) is 0 Å². The second-order valence-corrected chi connectivity index (χ2v) is 15.5. The van der Waals surface area contributed by atoms with Gasteiger partial charge in [-0.15, -0.1) is 20.6 Å². The molecule has 0 bridgehead atoms. The Kier molecular flexibility index (Phi) is 13.9. The fourth-order valence-electron chi connectivity index (χ4n) is 2.97. The molecule has 1 amide bonds. The zero-order valence-electron chi connectivity index (χ0n) is 20.5. The van der Waals surface area contributed by atoms with Gasteiger partial charge in [-0.2, -0.15) is 0 Å². The maximum atomic E-state index is 11.7. The molecule has 1 rings (SSSR count). The van der Waals surface area contributed by atoms with Crippen LogP contribution in [0.15, 0.2) is 30.8 Å². The Balaban J connectivity index is 2.05. The third kappa shape index (κ3) is 13.9. The summed E-state index contributed by atoms with van der Waals surface area (Å²) in [6.45, 7) is 7.95. The summed E-state index contributed by atoms with van der Waals surface area (Å²) in [6, 6.07) is 7.61. The molecule has 0 aliphatic rings. The molecule has 0 heterocycles. The maximum absolute atomic E-state index is 11.7. The lowest BCUT2D eigenvalue weighted by atomic mass is 10.2. The molecule has 0 saturated heterocycles. The van der Waals surface area contributed by atoms with Crippen molar-refractivity contribution in [3.05, 3.63) is 36.4 Å². The largest absolute Gasteiger partial charge is 0.492 e. The summed E-state index contributed by atoms with van der Waals surface area (Å²) < 4.78 is 22.8. The summed E-state index contributed by atoms with van der Waals surface area (Å²) in [5.41, 5.74) is 0.990. The Labute approximate surface area is 198 Å². The molecular formula is C24H43NO5S2. The summed E-state index contributed by atoms with van der Waals surface area (Å²) in [7, 11) is -2.04. The zero-order valence-corrected chi connectivity index (χ0v) is 22.2. The van der Waals surface area contributed by atoms with Crippen molar-refractivity contribution in [3.63, 3.8) is 0 Å². The van der Waals surface area contributed by atoms with Crippen LogP contribution in [-0.4, -0.2) is 75.6 Å². The lowest BCUT2D eigenvalue weighted by Crippen LogP contribution is -2.29. The molecule has 0 spiro atoms. The second-order valence-electron chi connectivity index (χ2n) is 8.36. The second kappa shape index (κ2) is 15.5. The Bertz CT molecular complexity index is 682. The quantitative estimate of drug-likeness (QED) is 0.288. The van der Waals surface area contributed by atoms with Gasteiger partial charge in [-0.1, -0.05) is 38.1 Å². The van der Waals surface area contributed by atoms with Gasteiger partial charge in [0.15, 0.2) is 0 Å². The summed E-state index contributed by atoms with van der Waals surface area (Å²) in [5, 5.41) is 2.67. The number of carbonyl (C=O) groups is 1. The van der Waals surface area contributed by atoms with Gasteiger partial charge in [-0.3, -0.25) is 3.63 Å². The highest BCUT2D eigenvalue weighted by Crippen LogP contribution is 2.58. The summed E-state index contributed by atoms with van der Waals surface area (Å²) in [6.07, 6.45) is 13.7. The number of alkyl carbamates (subject to hydrolysis) is 1. The highest BCUT2D eigenvalue weighted by atomic mass is 32.3. The van der Waals surface area contributed by atoms with Crippen LogP contribution in [0, 0.1) is 0 Å². The normalized spacial score (nSPS) is 12.8. The van der Waals surface area contributed by atoms with Crippen LogP contribution >= 0.6 is 20.6 Å². The molecule has 0 saturated carbocycles. The molecule has 1 N–H and O–H groups in total. The summed E-state index contributed by atoms with van der Waals surface area (Å²) in [4.78, 5) is 11.7. The van der Waals surface area contributed by atoms with E-state index in [9.17, 15) is 4.79 Å². The van der Waals surface area contributed by atoms with Crippen molar-refractivity contribution >= 4 is 32.8 Å². The minimum absolute atomic E-state index is 0.231. The minimum atomic E-state index is -1.07. The number of rotatable bonds is 17. The molecule has 0 fully saturated rings. The van der Waals surface area contributed by atoms with E-state index in [1.807, 2.05) is 24.3 Å². The summed E-state index contributed by atoms with van der Waals surface area (Å²) in [5.74, 6) is 2.93. The smallest absolute Gasteiger partial charge is 0.407 e. The molecule has 0 aliphatic carbocycles. The molecule has 0 aliphatic heterocycles. The van der Waals surface area contributed by atoms with Crippen molar-refractivity contribution < 1.29 is 22.6 Å². The van der Waals surface area contributed by atoms with E-state index >= 15 is 0 Å². The van der Waals surface area contributed by atoms with Crippen molar-refractivity contribution in [3.8, 4) is 5.75 Å². The monoisotopic (exact) mass is 489 g/mol. The molecule has 32 heavy (non-hydrogen) atoms. The third-order valence-corrected chi connectivity index (χ3v) is 9.97. The molecular weight excluding hydrogens is 446 g/mol. The van der Waals surface area contributed by atoms with Crippen molar-refractivity contribution in [1.82, 2.24) is 5.32 Å². The highest BCUT2D eigenvalue weighted by Gasteiger charge is 2.21. The number of ether oxygens (including phenoxy) is 3. The van der Waals surface area contributed by atoms with Crippen LogP contribution < -0.4 is 10.1 Å². The van der Waals surface area contributed by atoms with E-state index in [4.69, 9.17) is 17.8 Å². The molecule has 0 aromatic heterocycles. The molecule has 1 aromatic rings. The lowest BCUT2D eigenvalue weighted by Gasteiger charge is -2.42. The van der Waals surface area contributed by atoms with Gasteiger partial charge >= 0.3 is 6.09 Å². The molecule has 0 unspecified atom stereocenters. The van der Waals surface area contributed by atoms with Crippen molar-refractivity contribution in [2.75, 3.05) is 69.5 Å². The van der Waals surface area contributed by atoms with Gasteiger partial charge in [0.1, 0.15) is 19.0 Å². The maximum Gasteiger partial charge on any atom is 0.407 e. The van der Waals surface area contributed by atoms with Gasteiger partial charge in [0, 0.05) is 12.4 Å². The van der Waals surface area contributed by atoms with Gasteiger partial charge in [-0.25, -0.2) is 4.79 Å². The van der Waals surface area contributed by atoms with E-state index in [0.717, 1.165) is 23.5 Å². The molecule has 8 heteroatoms. The molecule has 1 aromatic carbocycles. The van der Waals surface area contributed by atoms with Crippen LogP contribution in [0.3, 0.4) is 0 Å². The standard InChI is InChI=1S/C24H43NO5S2/c1-7-9-19-31(3,4)30-32(5,6)20-11-15-27-17-18-29-24(26)25-14-16-28-23-13-10-12-22(8-2)21-23/h8,10,12-13,21H,2,7,9,11,14-20H2,1,3-6H3,(H,25,26). The fraction of sp³-hybridized carbons (Fsp3) is 0.625. The molecule has 0 atom stereocenters. The van der Waals surface area contributed by atoms with E-state index in [1.165, 1.54) is 18.6 Å². The molecule has 6 nitrogen and oxygen atoms in total. The van der Waals surface area contributed by atoms with Crippen LogP contribution in [0.4, 0.5) is 4.79 Å². The van der Waals surface area contributed by atoms with E-state index in [-0.39, 0.29) is 6.61 Å². The average Bonchev–Trinajstić information content (AvgIpc) is 2.74. The minimum Gasteiger partial charge on any atom is -0.492 e. The van der Waals surface area contributed by atoms with E-state index in [1.54, 1.807) is 6.08 Å². The number of nitrogens with one attached hydrogen (secondary N) is 1. The highest BCUT2D eigenvalue weighted by molar-refractivity contribution is 8.40. The SMILES string of the molecule is C=Cc1cccc(OCCNC(=O)OCCOCCCS(C)(C)OS(C)(C)CCCC)c1. The van der Waals surface area contributed by atoms with Crippen molar-refractivity contribution in [1.29, 1.82) is 0 Å². The van der Waals surface area contributed by atoms with Crippen molar-refractivity contribution in [2.45, 2.75) is 26.2 Å². The van der Waals surface area contributed by atoms with E-state index in [0.29, 0.717) is 26.4 Å². The van der Waals surface area contributed by atoms with Gasteiger partial charge in [0.05, 0.1) is 13.2 Å². The Morgan fingerprint density at radius 3 is 2.44 bits per heavy atom. The number of benzene rings is 1. The fourth-order valence-corrected chi connectivity index (χ4v) is 9.30. The average molecular weight is 490 g/mol. The lowest BCUT2D eigenvalue weighted by molar-refractivity contribution is 0.0729. The van der Waals surface area contributed by atoms with Crippen LogP contribution in [0.5, 0.6) is 5.75 Å². The van der Waals surface area contributed by atoms with Gasteiger partial charge in [0.25, 0.3) is 0 Å². The van der Waals surface area contributed by atoms with E-state index in [2.05, 4.69) is 43.8 Å². The van der Waals surface area contributed by atoms with Crippen molar-refractivity contribution in [2.24, 2.45) is 0 Å². The van der Waals surface area contributed by atoms with Gasteiger partial charge in [-0.05, 0) is 61.3 Å². The first-order chi connectivity index (χ1) is 15.2. The Morgan fingerprint density at radius 2 is 1.75 bits per heavy atom. The number of hydrogen-bond acceptors (Lipinski definition) is 5. The number of unbranched alkanes of at least 4 members (excludes halogenated alkanes) is 1. The number of hydrogen-bond donors (Lipinski definition) is 1. The first kappa shape index (κ1) is 28.7. The first-order valence-corrected chi connectivity index (χ1v) is 16.2. The molecule has 186 valence electrons. The van der Waals surface area contributed by atoms with Gasteiger partial charge < -0.3 is 19.5 Å². The van der Waals surface area contributed by atoms with Crippen LogP contribution in [-0.2, 0) is 13.1 Å². The van der Waals surface area contributed by atoms with Crippen LogP contribution in [0.25, 0.3) is 6.08 Å². The predicted molar refractivity (Wildman–Crippen MR) is 141 cm³/mol. The third-order valence-electron chi connectivity index (χ3n) is 4.48. The number of amides is 1. The Hall–Kier alpha value is -1.35. The van der Waals surface area contributed by atoms with E-state index < -0.39 is 26.7 Å². The number of carbonyl (C=O) groups excluding carboxylic acids is 1. The zero-order chi connectivity index (χ0) is 23.9. The summed E-state index contributed by atoms with van der Waals surface area (Å²) >= 11 is 0. The first-order valence-electron chi connectivity index (χ1n) is 11.1. The van der Waals surface area contributed by atoms with Crippen LogP contribution in [0.1, 0.15) is 31.7 Å². The molecule has 0 radical (unpaired) electrons. The van der Waals surface area contributed by atoms with Crippen LogP contribution in [0.2, 0.25) is 0 Å². The Morgan fingerprint density at radius 1 is 1.03 bits per heavy atom. The predicted octanol–water partition coefficient (Wildman–Crippen LogP) is 5.62. The topological polar surface area (TPSA) is 66.0 Å².